The Morgan fingerprint density at radius 1 is 1.77 bits per heavy atom. The van der Waals surface area contributed by atoms with E-state index in [1.807, 2.05) is 0 Å². The number of rotatable bonds is 3. The number of hydrogen-bond acceptors (Lipinski definition) is 2. The highest BCUT2D eigenvalue weighted by Gasteiger charge is 2.05. The lowest BCUT2D eigenvalue weighted by atomic mass is 10.4. The third-order valence-electron chi connectivity index (χ3n) is 1.50. The second-order valence-electron chi connectivity index (χ2n) is 2.45. The summed E-state index contributed by atoms with van der Waals surface area (Å²) in [7, 11) is 0. The zero-order valence-corrected chi connectivity index (χ0v) is 7.32. The number of carboxylic acid groups (broad SMARTS) is 1. The quantitative estimate of drug-likeness (QED) is 0.702. The predicted octanol–water partition coefficient (Wildman–Crippen LogP) is 0.995. The van der Waals surface area contributed by atoms with Crippen LogP contribution in [0.1, 0.15) is 23.8 Å². The monoisotopic (exact) mass is 178 g/mol. The van der Waals surface area contributed by atoms with Gasteiger partial charge in [-0.05, 0) is 13.0 Å². The van der Waals surface area contributed by atoms with Crippen molar-refractivity contribution in [1.82, 2.24) is 9.78 Å². The second-order valence-corrected chi connectivity index (χ2v) is 2.45. The minimum absolute atomic E-state index is 0.0736. The Kier molecular flexibility index (Phi) is 3.09. The molecule has 1 aromatic rings. The van der Waals surface area contributed by atoms with Gasteiger partial charge in [0.1, 0.15) is 0 Å². The third kappa shape index (κ3) is 2.64. The molecule has 0 saturated carbocycles. The molecule has 1 aromatic heterocycles. The van der Waals surface area contributed by atoms with Crippen LogP contribution in [0.3, 0.4) is 0 Å². The lowest BCUT2D eigenvalue weighted by molar-refractivity contribution is 0.0689. The summed E-state index contributed by atoms with van der Waals surface area (Å²) in [6, 6.07) is 1.47. The Hall–Kier alpha value is -1.76. The number of aromatic nitrogens is 2. The molecule has 1 N–H and O–H groups in total. The average Bonchev–Trinajstić information content (AvgIpc) is 2.53. The summed E-state index contributed by atoms with van der Waals surface area (Å²) in [5.41, 5.74) is 0.0736. The minimum Gasteiger partial charge on any atom is -0.476 e. The maximum Gasteiger partial charge on any atom is 0.356 e. The molecule has 1 heterocycles. The van der Waals surface area contributed by atoms with E-state index in [2.05, 4.69) is 16.9 Å². The van der Waals surface area contributed by atoms with Gasteiger partial charge >= 0.3 is 5.97 Å². The highest BCUT2D eigenvalue weighted by Crippen LogP contribution is 1.96. The van der Waals surface area contributed by atoms with E-state index in [9.17, 15) is 4.79 Å². The smallest absolute Gasteiger partial charge is 0.356 e. The van der Waals surface area contributed by atoms with E-state index < -0.39 is 5.97 Å². The van der Waals surface area contributed by atoms with E-state index in [0.29, 0.717) is 13.0 Å². The summed E-state index contributed by atoms with van der Waals surface area (Å²) in [5.74, 6) is 4.64. The van der Waals surface area contributed by atoms with E-state index >= 15 is 0 Å². The van der Waals surface area contributed by atoms with E-state index in [1.165, 1.54) is 6.07 Å². The van der Waals surface area contributed by atoms with Gasteiger partial charge in [-0.3, -0.25) is 4.68 Å². The van der Waals surface area contributed by atoms with E-state index in [1.54, 1.807) is 17.8 Å². The highest BCUT2D eigenvalue weighted by atomic mass is 16.4. The van der Waals surface area contributed by atoms with Gasteiger partial charge in [0.05, 0.1) is 6.54 Å². The van der Waals surface area contributed by atoms with Crippen LogP contribution in [0.25, 0.3) is 0 Å². The van der Waals surface area contributed by atoms with Crippen LogP contribution in [0, 0.1) is 11.8 Å². The van der Waals surface area contributed by atoms with E-state index in [4.69, 9.17) is 5.11 Å². The molecule has 0 aliphatic carbocycles. The van der Waals surface area contributed by atoms with Crippen LogP contribution in [0.5, 0.6) is 0 Å². The first-order valence-corrected chi connectivity index (χ1v) is 3.90. The van der Waals surface area contributed by atoms with Crippen molar-refractivity contribution in [2.24, 2.45) is 0 Å². The molecule has 0 aliphatic rings. The molecular weight excluding hydrogens is 168 g/mol. The maximum absolute atomic E-state index is 10.4. The number of aryl methyl sites for hydroxylation is 1. The lowest BCUT2D eigenvalue weighted by Gasteiger charge is -1.94. The van der Waals surface area contributed by atoms with Crippen LogP contribution in [0.4, 0.5) is 0 Å². The van der Waals surface area contributed by atoms with Gasteiger partial charge < -0.3 is 5.11 Å². The van der Waals surface area contributed by atoms with Crippen molar-refractivity contribution < 1.29 is 9.90 Å². The van der Waals surface area contributed by atoms with Crippen LogP contribution >= 0.6 is 0 Å². The Morgan fingerprint density at radius 2 is 2.54 bits per heavy atom. The fourth-order valence-corrected chi connectivity index (χ4v) is 0.896. The third-order valence-corrected chi connectivity index (χ3v) is 1.50. The van der Waals surface area contributed by atoms with Gasteiger partial charge in [-0.15, -0.1) is 11.8 Å². The van der Waals surface area contributed by atoms with Crippen LogP contribution < -0.4 is 0 Å². The van der Waals surface area contributed by atoms with Crippen molar-refractivity contribution >= 4 is 5.97 Å². The molecule has 0 radical (unpaired) electrons. The van der Waals surface area contributed by atoms with Crippen LogP contribution in [-0.2, 0) is 6.54 Å². The fraction of sp³-hybridized carbons (Fsp3) is 0.333. The largest absolute Gasteiger partial charge is 0.476 e. The molecule has 4 heteroatoms. The normalized spacial score (nSPS) is 9.00. The zero-order chi connectivity index (χ0) is 9.68. The molecule has 0 aromatic carbocycles. The summed E-state index contributed by atoms with van der Waals surface area (Å²) in [4.78, 5) is 10.4. The van der Waals surface area contributed by atoms with Crippen molar-refractivity contribution in [3.8, 4) is 11.8 Å². The van der Waals surface area contributed by atoms with Crippen LogP contribution in [0.2, 0.25) is 0 Å². The van der Waals surface area contributed by atoms with Gasteiger partial charge in [-0.25, -0.2) is 4.79 Å². The Morgan fingerprint density at radius 3 is 3.08 bits per heavy atom. The molecule has 0 fully saturated rings. The summed E-state index contributed by atoms with van der Waals surface area (Å²) >= 11 is 0. The number of hydrogen-bond donors (Lipinski definition) is 1. The van der Waals surface area contributed by atoms with Crippen molar-refractivity contribution in [3.05, 3.63) is 18.0 Å². The standard InChI is InChI=1S/C9H10N2O2/c1-2-3-4-6-11-7-5-8(10-11)9(12)13/h5,7H,4,6H2,1H3,(H,12,13). The summed E-state index contributed by atoms with van der Waals surface area (Å²) in [6.45, 7) is 2.40. The summed E-state index contributed by atoms with van der Waals surface area (Å²) < 4.78 is 1.58. The van der Waals surface area contributed by atoms with Crippen LogP contribution in [-0.4, -0.2) is 20.9 Å². The second kappa shape index (κ2) is 4.31. The number of nitrogens with zero attached hydrogens (tertiary/aromatic N) is 2. The molecule has 1 rings (SSSR count). The van der Waals surface area contributed by atoms with Gasteiger partial charge in [0.2, 0.25) is 0 Å². The molecule has 0 saturated heterocycles. The molecule has 0 atom stereocenters. The first-order chi connectivity index (χ1) is 6.24. The Bertz CT molecular complexity index is 357. The van der Waals surface area contributed by atoms with Crippen molar-refractivity contribution in [3.63, 3.8) is 0 Å². The van der Waals surface area contributed by atoms with E-state index in [-0.39, 0.29) is 5.69 Å². The summed E-state index contributed by atoms with van der Waals surface area (Å²) in [6.07, 6.45) is 2.33. The fourth-order valence-electron chi connectivity index (χ4n) is 0.896. The summed E-state index contributed by atoms with van der Waals surface area (Å²) in [5, 5.41) is 12.4. The van der Waals surface area contributed by atoms with Crippen molar-refractivity contribution in [1.29, 1.82) is 0 Å². The molecule has 0 bridgehead atoms. The topological polar surface area (TPSA) is 55.1 Å². The van der Waals surface area contributed by atoms with Gasteiger partial charge in [0.15, 0.2) is 5.69 Å². The first kappa shape index (κ1) is 9.33. The minimum atomic E-state index is -1.000. The van der Waals surface area contributed by atoms with Gasteiger partial charge in [0, 0.05) is 12.6 Å². The van der Waals surface area contributed by atoms with Crippen LogP contribution in [0.15, 0.2) is 12.3 Å². The molecule has 0 spiro atoms. The molecule has 0 unspecified atom stereocenters. The van der Waals surface area contributed by atoms with Gasteiger partial charge in [-0.1, -0.05) is 0 Å². The number of carboxylic acids is 1. The number of aromatic carboxylic acids is 1. The Balaban J connectivity index is 2.57. The van der Waals surface area contributed by atoms with Crippen molar-refractivity contribution in [2.45, 2.75) is 19.9 Å². The molecule has 68 valence electrons. The first-order valence-electron chi connectivity index (χ1n) is 3.90. The molecule has 4 nitrogen and oxygen atoms in total. The lowest BCUT2D eigenvalue weighted by Crippen LogP contribution is -2.02. The zero-order valence-electron chi connectivity index (χ0n) is 7.32. The number of carbonyl (C=O) groups is 1. The van der Waals surface area contributed by atoms with Gasteiger partial charge in [0.25, 0.3) is 0 Å². The average molecular weight is 178 g/mol. The van der Waals surface area contributed by atoms with E-state index in [0.717, 1.165) is 0 Å². The SMILES string of the molecule is CC#CCCn1ccc(C(=O)O)n1. The molecule has 0 aliphatic heterocycles. The molecule has 0 amide bonds. The molecular formula is C9H10N2O2. The predicted molar refractivity (Wildman–Crippen MR) is 47.3 cm³/mol. The maximum atomic E-state index is 10.4. The van der Waals surface area contributed by atoms with Crippen molar-refractivity contribution in [2.75, 3.05) is 0 Å². The molecule has 13 heavy (non-hydrogen) atoms. The van der Waals surface area contributed by atoms with Gasteiger partial charge in [-0.2, -0.15) is 5.10 Å². The highest BCUT2D eigenvalue weighted by molar-refractivity contribution is 5.84. The Labute approximate surface area is 76.2 Å².